The van der Waals surface area contributed by atoms with E-state index in [0.29, 0.717) is 24.7 Å². The van der Waals surface area contributed by atoms with E-state index < -0.39 is 0 Å². The van der Waals surface area contributed by atoms with Crippen molar-refractivity contribution < 1.29 is 13.9 Å². The zero-order valence-electron chi connectivity index (χ0n) is 16.2. The first kappa shape index (κ1) is 20.1. The molecular weight excluding hydrogens is 374 g/mol. The fraction of sp³-hybridized carbons (Fsp3) is 0.333. The first-order valence-corrected chi connectivity index (χ1v) is 10.3. The summed E-state index contributed by atoms with van der Waals surface area (Å²) in [6.45, 7) is 3.27. The van der Waals surface area contributed by atoms with Gasteiger partial charge in [0.25, 0.3) is 5.91 Å². The molecule has 0 aliphatic carbocycles. The second-order valence-corrected chi connectivity index (χ2v) is 7.44. The van der Waals surface area contributed by atoms with Gasteiger partial charge in [0.1, 0.15) is 11.5 Å². The molecule has 0 saturated carbocycles. The van der Waals surface area contributed by atoms with E-state index in [2.05, 4.69) is 10.3 Å². The number of carbonyl (C=O) groups excluding carboxylic acids is 1. The molecular formula is C21H25N3O3S. The summed E-state index contributed by atoms with van der Waals surface area (Å²) in [5.74, 6) is 2.42. The summed E-state index contributed by atoms with van der Waals surface area (Å²) in [5, 5.41) is 3.80. The number of carbonyl (C=O) groups is 1. The molecule has 3 aromatic rings. The Morgan fingerprint density at radius 1 is 1.21 bits per heavy atom. The minimum absolute atomic E-state index is 0.187. The van der Waals surface area contributed by atoms with Crippen LogP contribution in [-0.4, -0.2) is 28.6 Å². The molecule has 0 radical (unpaired) electrons. The third-order valence-corrected chi connectivity index (χ3v) is 5.23. The molecule has 0 bridgehead atoms. The van der Waals surface area contributed by atoms with E-state index in [-0.39, 0.29) is 5.91 Å². The van der Waals surface area contributed by atoms with Gasteiger partial charge in [0, 0.05) is 26.0 Å². The Morgan fingerprint density at radius 2 is 2.04 bits per heavy atom. The van der Waals surface area contributed by atoms with Crippen molar-refractivity contribution in [2.75, 3.05) is 13.2 Å². The number of nitrogens with zero attached hydrogens (tertiary/aromatic N) is 2. The number of aryl methyl sites for hydroxylation is 2. The van der Waals surface area contributed by atoms with Crippen molar-refractivity contribution in [1.29, 1.82) is 0 Å². The first-order valence-electron chi connectivity index (χ1n) is 9.28. The number of furan rings is 1. The van der Waals surface area contributed by atoms with E-state index in [9.17, 15) is 4.79 Å². The molecule has 1 amide bonds. The van der Waals surface area contributed by atoms with Gasteiger partial charge >= 0.3 is 0 Å². The number of thioether (sulfide) groups is 1. The third-order valence-electron chi connectivity index (χ3n) is 4.15. The summed E-state index contributed by atoms with van der Waals surface area (Å²) in [6, 6.07) is 11.5. The Bertz CT molecular complexity index is 886. The summed E-state index contributed by atoms with van der Waals surface area (Å²) in [7, 11) is 1.95. The number of benzene rings is 1. The highest BCUT2D eigenvalue weighted by atomic mass is 32.2. The van der Waals surface area contributed by atoms with Crippen molar-refractivity contribution in [2.45, 2.75) is 30.7 Å². The minimum Gasteiger partial charge on any atom is -0.494 e. The molecule has 3 rings (SSSR count). The van der Waals surface area contributed by atoms with E-state index in [0.717, 1.165) is 29.5 Å². The van der Waals surface area contributed by atoms with Gasteiger partial charge in [-0.2, -0.15) is 0 Å². The van der Waals surface area contributed by atoms with Gasteiger partial charge in [0.2, 0.25) is 0 Å². The van der Waals surface area contributed by atoms with Crippen LogP contribution in [0.3, 0.4) is 0 Å². The Kier molecular flexibility index (Phi) is 7.19. The van der Waals surface area contributed by atoms with Crippen molar-refractivity contribution in [3.05, 3.63) is 65.9 Å². The largest absolute Gasteiger partial charge is 0.494 e. The van der Waals surface area contributed by atoms with Crippen LogP contribution in [0, 0.1) is 6.92 Å². The number of hydrogen-bond acceptors (Lipinski definition) is 5. The van der Waals surface area contributed by atoms with Crippen LogP contribution in [0.15, 0.2) is 58.4 Å². The van der Waals surface area contributed by atoms with E-state index in [1.54, 1.807) is 24.0 Å². The quantitative estimate of drug-likeness (QED) is 0.409. The smallest absolute Gasteiger partial charge is 0.286 e. The molecule has 0 aliphatic heterocycles. The summed E-state index contributed by atoms with van der Waals surface area (Å²) >= 11 is 1.57. The molecule has 1 aromatic carbocycles. The van der Waals surface area contributed by atoms with Crippen LogP contribution in [0.4, 0.5) is 0 Å². The zero-order chi connectivity index (χ0) is 19.8. The number of hydrogen-bond donors (Lipinski definition) is 1. The molecule has 0 spiro atoms. The number of unbranched alkanes of at least 4 members (excludes halogenated alkanes) is 1. The molecule has 148 valence electrons. The van der Waals surface area contributed by atoms with Crippen molar-refractivity contribution >= 4 is 17.7 Å². The SMILES string of the molecule is Cc1ccc(OCCCCNC(=O)c2ccc(CSc3nccn3C)o2)cc1. The summed E-state index contributed by atoms with van der Waals surface area (Å²) < 4.78 is 13.3. The Balaban J connectivity index is 1.32. The number of ether oxygens (including phenoxy) is 1. The van der Waals surface area contributed by atoms with E-state index in [1.165, 1.54) is 5.56 Å². The van der Waals surface area contributed by atoms with Crippen LogP contribution < -0.4 is 10.1 Å². The molecule has 0 saturated heterocycles. The number of nitrogens with one attached hydrogen (secondary N) is 1. The van der Waals surface area contributed by atoms with Crippen molar-refractivity contribution in [2.24, 2.45) is 7.05 Å². The molecule has 2 aromatic heterocycles. The van der Waals surface area contributed by atoms with Crippen LogP contribution in [-0.2, 0) is 12.8 Å². The molecule has 7 heteroatoms. The average Bonchev–Trinajstić information content (AvgIpc) is 3.33. The van der Waals surface area contributed by atoms with Crippen LogP contribution in [0.25, 0.3) is 0 Å². The highest BCUT2D eigenvalue weighted by Gasteiger charge is 2.11. The second kappa shape index (κ2) is 10.0. The lowest BCUT2D eigenvalue weighted by Crippen LogP contribution is -2.24. The first-order chi connectivity index (χ1) is 13.6. The standard InChI is InChI=1S/C21H25N3O3S/c1-16-5-7-17(8-6-16)26-14-4-3-11-22-20(25)19-10-9-18(27-19)15-28-21-23-12-13-24(21)2/h5-10,12-13H,3-4,11,14-15H2,1-2H3,(H,22,25). The zero-order valence-corrected chi connectivity index (χ0v) is 17.0. The molecule has 0 fully saturated rings. The molecule has 0 atom stereocenters. The fourth-order valence-corrected chi connectivity index (χ4v) is 3.37. The third kappa shape index (κ3) is 5.92. The van der Waals surface area contributed by atoms with E-state index in [1.807, 2.05) is 55.1 Å². The molecule has 0 aliphatic rings. The van der Waals surface area contributed by atoms with E-state index in [4.69, 9.17) is 9.15 Å². The molecule has 0 unspecified atom stereocenters. The maximum absolute atomic E-state index is 12.2. The van der Waals surface area contributed by atoms with Gasteiger partial charge in [-0.25, -0.2) is 4.98 Å². The van der Waals surface area contributed by atoms with Crippen LogP contribution in [0.5, 0.6) is 5.75 Å². The number of rotatable bonds is 10. The average molecular weight is 400 g/mol. The van der Waals surface area contributed by atoms with Gasteiger partial charge in [-0.1, -0.05) is 29.5 Å². The van der Waals surface area contributed by atoms with Gasteiger partial charge in [0.05, 0.1) is 12.4 Å². The predicted molar refractivity (Wildman–Crippen MR) is 110 cm³/mol. The van der Waals surface area contributed by atoms with Crippen molar-refractivity contribution in [3.8, 4) is 5.75 Å². The lowest BCUT2D eigenvalue weighted by atomic mass is 10.2. The normalized spacial score (nSPS) is 10.8. The predicted octanol–water partition coefficient (Wildman–Crippen LogP) is 4.20. The highest BCUT2D eigenvalue weighted by molar-refractivity contribution is 7.98. The van der Waals surface area contributed by atoms with Crippen molar-refractivity contribution in [3.63, 3.8) is 0 Å². The molecule has 1 N–H and O–H groups in total. The maximum atomic E-state index is 12.2. The monoisotopic (exact) mass is 399 g/mol. The Hall–Kier alpha value is -2.67. The summed E-state index contributed by atoms with van der Waals surface area (Å²) in [5.41, 5.74) is 1.21. The van der Waals surface area contributed by atoms with Gasteiger partial charge in [-0.3, -0.25) is 4.79 Å². The highest BCUT2D eigenvalue weighted by Crippen LogP contribution is 2.21. The van der Waals surface area contributed by atoms with Gasteiger partial charge < -0.3 is 19.0 Å². The van der Waals surface area contributed by atoms with Crippen LogP contribution in [0.1, 0.15) is 34.7 Å². The van der Waals surface area contributed by atoms with Crippen molar-refractivity contribution in [1.82, 2.24) is 14.9 Å². The fourth-order valence-electron chi connectivity index (χ4n) is 2.54. The van der Waals surface area contributed by atoms with Crippen LogP contribution in [0.2, 0.25) is 0 Å². The van der Waals surface area contributed by atoms with Gasteiger partial charge in [-0.15, -0.1) is 0 Å². The maximum Gasteiger partial charge on any atom is 0.286 e. The Labute approximate surface area is 169 Å². The van der Waals surface area contributed by atoms with Crippen LogP contribution >= 0.6 is 11.8 Å². The summed E-state index contributed by atoms with van der Waals surface area (Å²) in [6.07, 6.45) is 5.38. The molecule has 2 heterocycles. The van der Waals surface area contributed by atoms with Gasteiger partial charge in [0.15, 0.2) is 10.9 Å². The summed E-state index contributed by atoms with van der Waals surface area (Å²) in [4.78, 5) is 16.4. The number of aromatic nitrogens is 2. The topological polar surface area (TPSA) is 69.3 Å². The molecule has 28 heavy (non-hydrogen) atoms. The minimum atomic E-state index is -0.187. The molecule has 6 nitrogen and oxygen atoms in total. The van der Waals surface area contributed by atoms with E-state index >= 15 is 0 Å². The van der Waals surface area contributed by atoms with Gasteiger partial charge in [-0.05, 0) is 44.0 Å². The second-order valence-electron chi connectivity index (χ2n) is 6.50. The number of amides is 1. The lowest BCUT2D eigenvalue weighted by molar-refractivity contribution is 0.0923. The number of imidazole rings is 1. The Morgan fingerprint density at radius 3 is 2.79 bits per heavy atom. The lowest BCUT2D eigenvalue weighted by Gasteiger charge is -2.07.